The molecule has 0 bridgehead atoms. The monoisotopic (exact) mass is 469 g/mol. The summed E-state index contributed by atoms with van der Waals surface area (Å²) in [5.74, 6) is 0.233. The van der Waals surface area contributed by atoms with Crippen molar-refractivity contribution >= 4 is 26.6 Å². The Hall–Kier alpha value is -3.13. The number of amides is 1. The van der Waals surface area contributed by atoms with Crippen LogP contribution in [0.5, 0.6) is 0 Å². The van der Waals surface area contributed by atoms with Crippen LogP contribution >= 0.6 is 0 Å². The fourth-order valence-corrected chi connectivity index (χ4v) is 7.51. The van der Waals surface area contributed by atoms with E-state index in [1.165, 1.54) is 16.7 Å². The molecule has 3 heteroatoms. The molecule has 0 unspecified atom stereocenters. The van der Waals surface area contributed by atoms with E-state index in [1.54, 1.807) is 0 Å². The molecule has 4 aromatic rings. The number of β-lactam (4-membered cyclic amide) rings is 1. The second kappa shape index (κ2) is 8.93. The van der Waals surface area contributed by atoms with E-state index in [1.807, 2.05) is 41.3 Å². The molecule has 31 heavy (non-hydrogen) atoms. The van der Waals surface area contributed by atoms with Crippen molar-refractivity contribution in [2.24, 2.45) is 0 Å². The van der Waals surface area contributed by atoms with Gasteiger partial charge in [0.05, 0.1) is 0 Å². The molecule has 1 heterocycles. The maximum atomic E-state index is 13.5. The molecule has 2 nitrogen and oxygen atoms in total. The van der Waals surface area contributed by atoms with Crippen LogP contribution in [0.4, 0.5) is 5.69 Å². The minimum atomic E-state index is 0.000480. The van der Waals surface area contributed by atoms with Crippen molar-refractivity contribution in [1.82, 2.24) is 0 Å². The molecule has 5 rings (SSSR count). The van der Waals surface area contributed by atoms with Crippen molar-refractivity contribution in [3.63, 3.8) is 0 Å². The van der Waals surface area contributed by atoms with Gasteiger partial charge in [0.25, 0.3) is 0 Å². The first-order chi connectivity index (χ1) is 15.3. The van der Waals surface area contributed by atoms with E-state index in [-0.39, 0.29) is 36.5 Å². The fraction of sp³-hybridized carbons (Fsp3) is 0.107. The summed E-state index contributed by atoms with van der Waals surface area (Å²) in [5.41, 5.74) is 4.75. The van der Waals surface area contributed by atoms with Gasteiger partial charge in [-0.05, 0) is 0 Å². The van der Waals surface area contributed by atoms with E-state index in [0.717, 1.165) is 5.69 Å². The summed E-state index contributed by atoms with van der Waals surface area (Å²) in [4.78, 5) is 15.7. The fourth-order valence-electron chi connectivity index (χ4n) is 4.20. The summed E-state index contributed by atoms with van der Waals surface area (Å²) in [6.45, 7) is 0. The third kappa shape index (κ3) is 3.95. The molecule has 1 aliphatic rings. The maximum absolute atomic E-state index is 13.5. The quantitative estimate of drug-likeness (QED) is 0.249. The first-order valence-corrected chi connectivity index (χ1v) is 12.5. The van der Waals surface area contributed by atoms with Crippen LogP contribution in [0.3, 0.4) is 0 Å². The van der Waals surface area contributed by atoms with Crippen molar-refractivity contribution in [2.75, 3.05) is 4.90 Å². The van der Waals surface area contributed by atoms with Gasteiger partial charge >= 0.3 is 190 Å². The molecule has 1 amide bonds. The number of benzene rings is 4. The predicted octanol–water partition coefficient (Wildman–Crippen LogP) is 6.06. The standard InChI is InChI=1S/C28H23NOSe/c30-28-27(31-26(22-15-7-2-8-16-22)23-17-9-3-10-18-23)25(21-13-5-1-6-14-21)29(28)24-19-11-4-12-20-24/h1-20,25-27H/t25-,27-/m1/s1. The van der Waals surface area contributed by atoms with Crippen LogP contribution < -0.4 is 4.90 Å². The molecular weight excluding hydrogens is 445 g/mol. The van der Waals surface area contributed by atoms with Gasteiger partial charge in [-0.15, -0.1) is 0 Å². The Kier molecular flexibility index (Phi) is 5.71. The molecule has 152 valence electrons. The number of hydrogen-bond acceptors (Lipinski definition) is 1. The van der Waals surface area contributed by atoms with E-state index in [0.29, 0.717) is 0 Å². The SMILES string of the molecule is O=C1[C@H]([Se]C(c2ccccc2)c2ccccc2)[C@@H](c2ccccc2)N1c1ccccc1. The third-order valence-electron chi connectivity index (χ3n) is 5.71. The average Bonchev–Trinajstić information content (AvgIpc) is 2.85. The zero-order chi connectivity index (χ0) is 21.0. The van der Waals surface area contributed by atoms with E-state index in [2.05, 4.69) is 84.9 Å². The molecule has 1 saturated heterocycles. The summed E-state index contributed by atoms with van der Waals surface area (Å²) >= 11 is 0.0611. The number of carbonyl (C=O) groups is 1. The van der Waals surface area contributed by atoms with Crippen LogP contribution in [-0.4, -0.2) is 20.9 Å². The molecule has 2 atom stereocenters. The number of hydrogen-bond donors (Lipinski definition) is 0. The van der Waals surface area contributed by atoms with Gasteiger partial charge in [-0.25, -0.2) is 0 Å². The molecule has 0 aliphatic carbocycles. The van der Waals surface area contributed by atoms with E-state index in [4.69, 9.17) is 0 Å². The van der Waals surface area contributed by atoms with Crippen molar-refractivity contribution in [3.05, 3.63) is 138 Å². The Bertz CT molecular complexity index is 1090. The Morgan fingerprint density at radius 1 is 0.613 bits per heavy atom. The zero-order valence-corrected chi connectivity index (χ0v) is 18.8. The number of anilines is 1. The molecule has 0 radical (unpaired) electrons. The normalized spacial score (nSPS) is 18.1. The van der Waals surface area contributed by atoms with Gasteiger partial charge in [-0.3, -0.25) is 0 Å². The van der Waals surface area contributed by atoms with E-state index in [9.17, 15) is 4.79 Å². The Morgan fingerprint density at radius 3 is 1.58 bits per heavy atom. The molecule has 4 aromatic carbocycles. The Labute approximate surface area is 189 Å². The summed E-state index contributed by atoms with van der Waals surface area (Å²) in [7, 11) is 0. The molecule has 1 aliphatic heterocycles. The van der Waals surface area contributed by atoms with Gasteiger partial charge < -0.3 is 0 Å². The van der Waals surface area contributed by atoms with Gasteiger partial charge in [0.15, 0.2) is 0 Å². The molecule has 1 fully saturated rings. The second-order valence-electron chi connectivity index (χ2n) is 7.66. The van der Waals surface area contributed by atoms with Crippen LogP contribution in [-0.2, 0) is 4.79 Å². The van der Waals surface area contributed by atoms with Gasteiger partial charge in [0.1, 0.15) is 0 Å². The van der Waals surface area contributed by atoms with Crippen molar-refractivity contribution < 1.29 is 4.79 Å². The number of rotatable bonds is 6. The molecule has 0 N–H and O–H groups in total. The molecular formula is C28H23NOSe. The first-order valence-electron chi connectivity index (χ1n) is 10.5. The summed E-state index contributed by atoms with van der Waals surface area (Å²) in [6, 6.07) is 41.8. The van der Waals surface area contributed by atoms with Crippen molar-refractivity contribution in [3.8, 4) is 0 Å². The van der Waals surface area contributed by atoms with Gasteiger partial charge in [0, 0.05) is 0 Å². The van der Waals surface area contributed by atoms with Crippen molar-refractivity contribution in [1.29, 1.82) is 0 Å². The Morgan fingerprint density at radius 2 is 1.06 bits per heavy atom. The van der Waals surface area contributed by atoms with Crippen LogP contribution in [0.25, 0.3) is 0 Å². The molecule has 0 spiro atoms. The third-order valence-corrected chi connectivity index (χ3v) is 9.00. The predicted molar refractivity (Wildman–Crippen MR) is 127 cm³/mol. The van der Waals surface area contributed by atoms with Gasteiger partial charge in [0.2, 0.25) is 0 Å². The van der Waals surface area contributed by atoms with Crippen LogP contribution in [0, 0.1) is 0 Å². The van der Waals surface area contributed by atoms with Crippen LogP contribution in [0.1, 0.15) is 27.5 Å². The second-order valence-corrected chi connectivity index (χ2v) is 10.3. The van der Waals surface area contributed by atoms with Gasteiger partial charge in [-0.1, -0.05) is 0 Å². The number of para-hydroxylation sites is 1. The Balaban J connectivity index is 1.52. The van der Waals surface area contributed by atoms with E-state index >= 15 is 0 Å². The number of carbonyl (C=O) groups excluding carboxylic acids is 1. The molecule has 0 aromatic heterocycles. The van der Waals surface area contributed by atoms with Crippen LogP contribution in [0.15, 0.2) is 121 Å². The zero-order valence-electron chi connectivity index (χ0n) is 17.0. The topological polar surface area (TPSA) is 20.3 Å². The number of nitrogens with zero attached hydrogens (tertiary/aromatic N) is 1. The summed E-state index contributed by atoms with van der Waals surface area (Å²) in [5, 5.41) is 0. The molecule has 0 saturated carbocycles. The average molecular weight is 468 g/mol. The minimum absolute atomic E-state index is 0.000480. The van der Waals surface area contributed by atoms with Crippen molar-refractivity contribution in [2.45, 2.75) is 15.7 Å². The summed E-state index contributed by atoms with van der Waals surface area (Å²) in [6.07, 6.45) is 0. The van der Waals surface area contributed by atoms with Gasteiger partial charge in [-0.2, -0.15) is 0 Å². The van der Waals surface area contributed by atoms with E-state index < -0.39 is 0 Å². The first kappa shape index (κ1) is 19.8. The van der Waals surface area contributed by atoms with Crippen LogP contribution in [0.2, 0.25) is 4.82 Å². The summed E-state index contributed by atoms with van der Waals surface area (Å²) < 4.78 is 0.